The lowest BCUT2D eigenvalue weighted by atomic mass is 10.0. The Hall–Kier alpha value is -5.77. The molecule has 8 N–H and O–H groups in total. The first kappa shape index (κ1) is 38.7. The molecule has 0 spiro atoms. The van der Waals surface area contributed by atoms with Gasteiger partial charge in [-0.3, -0.25) is 33.5 Å². The molecule has 0 fully saturated rings. The molecule has 0 bridgehead atoms. The average molecular weight is 694 g/mol. The molecule has 3 rings (SSSR count). The molecule has 0 saturated heterocycles. The summed E-state index contributed by atoms with van der Waals surface area (Å²) in [6.07, 6.45) is 1.56. The number of esters is 1. The van der Waals surface area contributed by atoms with Crippen LogP contribution in [-0.2, 0) is 48.1 Å². The molecule has 0 saturated carbocycles. The van der Waals surface area contributed by atoms with Gasteiger partial charge in [0.25, 0.3) is 5.56 Å². The van der Waals surface area contributed by atoms with E-state index < -0.39 is 78.1 Å². The Kier molecular flexibility index (Phi) is 14.5. The van der Waals surface area contributed by atoms with Crippen molar-refractivity contribution in [2.24, 2.45) is 11.7 Å². The lowest BCUT2D eigenvalue weighted by Gasteiger charge is -2.24. The molecular weight excluding hydrogens is 650 g/mol. The largest absolute Gasteiger partial charge is 0.508 e. The first-order valence-electron chi connectivity index (χ1n) is 15.9. The van der Waals surface area contributed by atoms with Crippen LogP contribution in [0.2, 0.25) is 0 Å². The number of aromatic hydroxyl groups is 1. The fourth-order valence-electron chi connectivity index (χ4n) is 4.93. The van der Waals surface area contributed by atoms with Gasteiger partial charge < -0.3 is 36.8 Å². The Morgan fingerprint density at radius 1 is 0.820 bits per heavy atom. The zero-order valence-corrected chi connectivity index (χ0v) is 28.0. The zero-order valence-electron chi connectivity index (χ0n) is 28.0. The second kappa shape index (κ2) is 18.7. The van der Waals surface area contributed by atoms with Crippen molar-refractivity contribution in [1.82, 2.24) is 30.8 Å². The van der Waals surface area contributed by atoms with Gasteiger partial charge in [-0.1, -0.05) is 56.3 Å². The fraction of sp³-hybridized carbons (Fsp3) is 0.382. The molecule has 0 aliphatic heterocycles. The van der Waals surface area contributed by atoms with E-state index in [4.69, 9.17) is 10.5 Å². The van der Waals surface area contributed by atoms with Gasteiger partial charge in [-0.15, -0.1) is 0 Å². The molecule has 0 aliphatic carbocycles. The molecule has 1 heterocycles. The van der Waals surface area contributed by atoms with Crippen molar-refractivity contribution in [3.63, 3.8) is 0 Å². The highest BCUT2D eigenvalue weighted by Gasteiger charge is 2.29. The number of aromatic nitrogens is 2. The molecular formula is C34H43N7O9. The number of rotatable bonds is 17. The van der Waals surface area contributed by atoms with Crippen molar-refractivity contribution in [3.05, 3.63) is 98.8 Å². The number of nitrogens with one attached hydrogen (secondary N) is 5. The van der Waals surface area contributed by atoms with Crippen LogP contribution in [0.1, 0.15) is 31.4 Å². The number of carbonyl (C=O) groups is 5. The summed E-state index contributed by atoms with van der Waals surface area (Å²) >= 11 is 0. The van der Waals surface area contributed by atoms with E-state index in [1.165, 1.54) is 19.2 Å². The van der Waals surface area contributed by atoms with Gasteiger partial charge in [-0.2, -0.15) is 0 Å². The van der Waals surface area contributed by atoms with Crippen LogP contribution in [0.25, 0.3) is 0 Å². The minimum atomic E-state index is -1.43. The highest BCUT2D eigenvalue weighted by molar-refractivity contribution is 5.94. The van der Waals surface area contributed by atoms with Gasteiger partial charge in [-0.05, 0) is 42.0 Å². The average Bonchev–Trinajstić information content (AvgIpc) is 3.08. The van der Waals surface area contributed by atoms with E-state index in [0.717, 1.165) is 16.8 Å². The fourth-order valence-corrected chi connectivity index (χ4v) is 4.93. The summed E-state index contributed by atoms with van der Waals surface area (Å²) in [6, 6.07) is 11.4. The van der Waals surface area contributed by atoms with Crippen LogP contribution in [0, 0.1) is 5.92 Å². The standard InChI is InChI=1S/C34H43N7O9/c1-20(2)15-26(33(48)50-3)39-32(47)27(19-41-14-13-28(43)40-34(41)49)37-29(44)18-36-31(46)25(17-21-7-5-4-6-8-21)38-30(45)24(35)16-22-9-11-23(42)12-10-22/h4-14,20,24-27,42H,15-19,35H2,1-3H3,(H,36,46)(H,37,44)(H,38,45)(H,39,47)(H,40,43,49)/t24-,25+,26-,27-/m0/s1. The van der Waals surface area contributed by atoms with Gasteiger partial charge in [0.2, 0.25) is 23.6 Å². The number of nitrogens with zero attached hydrogens (tertiary/aromatic N) is 1. The molecule has 16 nitrogen and oxygen atoms in total. The lowest BCUT2D eigenvalue weighted by molar-refractivity contribution is -0.146. The van der Waals surface area contributed by atoms with Crippen molar-refractivity contribution in [3.8, 4) is 5.75 Å². The number of ether oxygens (including phenoxy) is 1. The molecule has 1 aromatic heterocycles. The van der Waals surface area contributed by atoms with E-state index in [2.05, 4.69) is 26.3 Å². The summed E-state index contributed by atoms with van der Waals surface area (Å²) in [6.45, 7) is 2.61. The highest BCUT2D eigenvalue weighted by Crippen LogP contribution is 2.12. The van der Waals surface area contributed by atoms with Crippen molar-refractivity contribution in [1.29, 1.82) is 0 Å². The number of H-pyrrole nitrogens is 1. The third-order valence-electron chi connectivity index (χ3n) is 7.50. The Morgan fingerprint density at radius 3 is 2.08 bits per heavy atom. The minimum Gasteiger partial charge on any atom is -0.508 e. The second-order valence-electron chi connectivity index (χ2n) is 12.0. The molecule has 50 heavy (non-hydrogen) atoms. The van der Waals surface area contributed by atoms with Gasteiger partial charge in [0.15, 0.2) is 0 Å². The first-order valence-corrected chi connectivity index (χ1v) is 15.9. The van der Waals surface area contributed by atoms with Crippen molar-refractivity contribution in [2.45, 2.75) is 63.8 Å². The van der Waals surface area contributed by atoms with Gasteiger partial charge in [0.05, 0.1) is 26.2 Å². The van der Waals surface area contributed by atoms with E-state index in [1.54, 1.807) is 42.5 Å². The maximum Gasteiger partial charge on any atom is 0.328 e. The maximum absolute atomic E-state index is 13.4. The Morgan fingerprint density at radius 2 is 1.46 bits per heavy atom. The van der Waals surface area contributed by atoms with Crippen LogP contribution in [0.15, 0.2) is 76.4 Å². The smallest absolute Gasteiger partial charge is 0.328 e. The number of carbonyl (C=O) groups excluding carboxylic acids is 5. The number of hydrogen-bond donors (Lipinski definition) is 7. The van der Waals surface area contributed by atoms with Crippen LogP contribution in [0.5, 0.6) is 5.75 Å². The van der Waals surface area contributed by atoms with E-state index in [0.29, 0.717) is 11.1 Å². The third-order valence-corrected chi connectivity index (χ3v) is 7.50. The number of methoxy groups -OCH3 is 1. The molecule has 16 heteroatoms. The third kappa shape index (κ3) is 12.4. The Labute approximate surface area is 287 Å². The number of nitrogens with two attached hydrogens (primary N) is 1. The molecule has 2 aromatic carbocycles. The van der Waals surface area contributed by atoms with E-state index >= 15 is 0 Å². The van der Waals surface area contributed by atoms with Crippen molar-refractivity contribution in [2.75, 3.05) is 13.7 Å². The summed E-state index contributed by atoms with van der Waals surface area (Å²) in [5.41, 5.74) is 6.02. The van der Waals surface area contributed by atoms with E-state index in [1.807, 2.05) is 13.8 Å². The highest BCUT2D eigenvalue weighted by atomic mass is 16.5. The molecule has 0 radical (unpaired) electrons. The summed E-state index contributed by atoms with van der Waals surface area (Å²) in [7, 11) is 1.17. The SMILES string of the molecule is COC(=O)[C@H](CC(C)C)NC(=O)[C@H](Cn1ccc(=O)[nH]c1=O)NC(=O)CNC(=O)[C@@H](Cc1ccccc1)NC(=O)[C@@H](N)Cc1ccc(O)cc1. The van der Waals surface area contributed by atoms with Crippen LogP contribution >= 0.6 is 0 Å². The number of amides is 4. The lowest BCUT2D eigenvalue weighted by Crippen LogP contribution is -2.57. The summed E-state index contributed by atoms with van der Waals surface area (Å²) in [5, 5.41) is 19.6. The molecule has 4 amide bonds. The number of phenolic OH excluding ortho intramolecular Hbond substituents is 1. The Bertz CT molecular complexity index is 1740. The van der Waals surface area contributed by atoms with E-state index in [9.17, 15) is 38.7 Å². The molecule has 0 unspecified atom stereocenters. The number of phenols is 1. The van der Waals surface area contributed by atoms with Gasteiger partial charge in [-0.25, -0.2) is 9.59 Å². The summed E-state index contributed by atoms with van der Waals surface area (Å²) in [5.74, 6) is -3.66. The Balaban J connectivity index is 1.74. The van der Waals surface area contributed by atoms with Gasteiger partial charge in [0.1, 0.15) is 23.9 Å². The van der Waals surface area contributed by atoms with E-state index in [-0.39, 0.29) is 30.9 Å². The molecule has 4 atom stereocenters. The van der Waals surface area contributed by atoms with Gasteiger partial charge in [0, 0.05) is 18.7 Å². The minimum absolute atomic E-state index is 0.0174. The normalized spacial score (nSPS) is 13.3. The van der Waals surface area contributed by atoms with Crippen LogP contribution in [-0.4, -0.2) is 82.1 Å². The first-order chi connectivity index (χ1) is 23.7. The van der Waals surface area contributed by atoms with Crippen LogP contribution in [0.3, 0.4) is 0 Å². The quantitative estimate of drug-likeness (QED) is 0.0837. The summed E-state index contributed by atoms with van der Waals surface area (Å²) in [4.78, 5) is 91.3. The number of aromatic amines is 1. The molecule has 0 aliphatic rings. The predicted molar refractivity (Wildman–Crippen MR) is 182 cm³/mol. The number of hydrogen-bond acceptors (Lipinski definition) is 10. The maximum atomic E-state index is 13.4. The topological polar surface area (TPSA) is 244 Å². The second-order valence-corrected chi connectivity index (χ2v) is 12.0. The van der Waals surface area contributed by atoms with Gasteiger partial charge >= 0.3 is 11.7 Å². The molecule has 268 valence electrons. The van der Waals surface area contributed by atoms with Crippen molar-refractivity contribution < 1.29 is 33.8 Å². The van der Waals surface area contributed by atoms with Crippen LogP contribution in [0.4, 0.5) is 0 Å². The van der Waals surface area contributed by atoms with Crippen LogP contribution < -0.4 is 38.2 Å². The number of benzene rings is 2. The zero-order chi connectivity index (χ0) is 36.8. The summed E-state index contributed by atoms with van der Waals surface area (Å²) < 4.78 is 5.79. The monoisotopic (exact) mass is 693 g/mol. The molecule has 3 aromatic rings. The predicted octanol–water partition coefficient (Wildman–Crippen LogP) is -1.16. The van der Waals surface area contributed by atoms with Crippen molar-refractivity contribution >= 4 is 29.6 Å².